The Kier molecular flexibility index (Phi) is 11.0. The third kappa shape index (κ3) is 9.24. The summed E-state index contributed by atoms with van der Waals surface area (Å²) in [5.41, 5.74) is 5.59. The fourth-order valence-electron chi connectivity index (χ4n) is 1.50. The average molecular weight is 281 g/mol. The standard InChI is InChI=1S/C12H24N2O3.ClH/c1-9(2)5-10(7-13)6-12(16)17-8-11(15)14(3)4;/h9-10H,5-8,13H2,1-4H3;1H/t10-;/m0./s1. The molecule has 0 aromatic heterocycles. The quantitative estimate of drug-likeness (QED) is 0.708. The van der Waals surface area contributed by atoms with Crippen molar-refractivity contribution in [2.24, 2.45) is 17.6 Å². The van der Waals surface area contributed by atoms with Crippen molar-refractivity contribution in [1.29, 1.82) is 0 Å². The molecule has 18 heavy (non-hydrogen) atoms. The summed E-state index contributed by atoms with van der Waals surface area (Å²) in [7, 11) is 3.25. The molecule has 0 rings (SSSR count). The van der Waals surface area contributed by atoms with Crippen LogP contribution in [0.3, 0.4) is 0 Å². The number of esters is 1. The predicted molar refractivity (Wildman–Crippen MR) is 73.5 cm³/mol. The summed E-state index contributed by atoms with van der Waals surface area (Å²) in [5, 5.41) is 0. The van der Waals surface area contributed by atoms with Crippen LogP contribution in [0.5, 0.6) is 0 Å². The molecule has 108 valence electrons. The Morgan fingerprint density at radius 3 is 2.22 bits per heavy atom. The van der Waals surface area contributed by atoms with Gasteiger partial charge in [-0.3, -0.25) is 9.59 Å². The minimum atomic E-state index is -0.351. The third-order valence-corrected chi connectivity index (χ3v) is 2.45. The van der Waals surface area contributed by atoms with Crippen molar-refractivity contribution >= 4 is 24.3 Å². The highest BCUT2D eigenvalue weighted by atomic mass is 35.5. The molecule has 6 heteroatoms. The lowest BCUT2D eigenvalue weighted by atomic mass is 9.94. The van der Waals surface area contributed by atoms with Gasteiger partial charge in [0.05, 0.1) is 0 Å². The number of ether oxygens (including phenoxy) is 1. The first-order chi connectivity index (χ1) is 7.86. The van der Waals surface area contributed by atoms with Crippen molar-refractivity contribution < 1.29 is 14.3 Å². The second-order valence-electron chi connectivity index (χ2n) is 4.88. The van der Waals surface area contributed by atoms with Crippen LogP contribution >= 0.6 is 12.4 Å². The molecule has 0 bridgehead atoms. The summed E-state index contributed by atoms with van der Waals surface area (Å²) >= 11 is 0. The highest BCUT2D eigenvalue weighted by Crippen LogP contribution is 2.14. The number of hydrogen-bond donors (Lipinski definition) is 1. The molecule has 0 saturated carbocycles. The highest BCUT2D eigenvalue weighted by molar-refractivity contribution is 5.85. The van der Waals surface area contributed by atoms with Gasteiger partial charge in [0, 0.05) is 20.5 Å². The molecule has 0 aliphatic rings. The van der Waals surface area contributed by atoms with Gasteiger partial charge in [0.1, 0.15) is 0 Å². The third-order valence-electron chi connectivity index (χ3n) is 2.45. The van der Waals surface area contributed by atoms with Crippen molar-refractivity contribution in [3.63, 3.8) is 0 Å². The fourth-order valence-corrected chi connectivity index (χ4v) is 1.50. The number of rotatable bonds is 7. The van der Waals surface area contributed by atoms with Crippen LogP contribution in [0.1, 0.15) is 26.7 Å². The smallest absolute Gasteiger partial charge is 0.306 e. The molecule has 5 nitrogen and oxygen atoms in total. The maximum Gasteiger partial charge on any atom is 0.306 e. The zero-order chi connectivity index (χ0) is 13.4. The highest BCUT2D eigenvalue weighted by Gasteiger charge is 2.16. The number of halogens is 1. The number of amides is 1. The Morgan fingerprint density at radius 1 is 1.28 bits per heavy atom. The van der Waals surface area contributed by atoms with Gasteiger partial charge in [-0.25, -0.2) is 0 Å². The predicted octanol–water partition coefficient (Wildman–Crippen LogP) is 1.05. The van der Waals surface area contributed by atoms with Gasteiger partial charge in [-0.05, 0) is 24.8 Å². The van der Waals surface area contributed by atoms with Crippen LogP contribution in [-0.2, 0) is 14.3 Å². The van der Waals surface area contributed by atoms with E-state index >= 15 is 0 Å². The molecule has 0 heterocycles. The first-order valence-corrected chi connectivity index (χ1v) is 5.92. The van der Waals surface area contributed by atoms with E-state index in [1.165, 1.54) is 4.90 Å². The molecule has 1 atom stereocenters. The Balaban J connectivity index is 0. The van der Waals surface area contributed by atoms with Crippen LogP contribution in [0.2, 0.25) is 0 Å². The number of likely N-dealkylation sites (N-methyl/N-ethyl adjacent to an activating group) is 1. The summed E-state index contributed by atoms with van der Waals surface area (Å²) in [6.07, 6.45) is 1.18. The van der Waals surface area contributed by atoms with E-state index in [2.05, 4.69) is 13.8 Å². The van der Waals surface area contributed by atoms with E-state index in [-0.39, 0.29) is 43.2 Å². The number of nitrogens with zero attached hydrogens (tertiary/aromatic N) is 1. The molecular weight excluding hydrogens is 256 g/mol. The van der Waals surface area contributed by atoms with Gasteiger partial charge in [-0.2, -0.15) is 0 Å². The Labute approximate surface area is 115 Å². The van der Waals surface area contributed by atoms with Gasteiger partial charge in [0.2, 0.25) is 0 Å². The number of carbonyl (C=O) groups is 2. The van der Waals surface area contributed by atoms with E-state index in [1.807, 2.05) is 0 Å². The Morgan fingerprint density at radius 2 is 1.83 bits per heavy atom. The van der Waals surface area contributed by atoms with Crippen molar-refractivity contribution in [2.75, 3.05) is 27.2 Å². The van der Waals surface area contributed by atoms with Gasteiger partial charge in [-0.1, -0.05) is 13.8 Å². The van der Waals surface area contributed by atoms with Crippen LogP contribution in [0.15, 0.2) is 0 Å². The Hall–Kier alpha value is -0.810. The van der Waals surface area contributed by atoms with E-state index in [9.17, 15) is 9.59 Å². The molecule has 0 aromatic carbocycles. The largest absolute Gasteiger partial charge is 0.456 e. The van der Waals surface area contributed by atoms with Gasteiger partial charge in [-0.15, -0.1) is 12.4 Å². The maximum atomic E-state index is 11.5. The zero-order valence-corrected chi connectivity index (χ0v) is 12.5. The molecule has 0 aromatic rings. The summed E-state index contributed by atoms with van der Waals surface area (Å²) in [5.74, 6) is 0.0690. The van der Waals surface area contributed by atoms with Crippen LogP contribution in [0, 0.1) is 11.8 Å². The minimum Gasteiger partial charge on any atom is -0.456 e. The van der Waals surface area contributed by atoms with Crippen LogP contribution in [0.25, 0.3) is 0 Å². The SMILES string of the molecule is CC(C)C[C@H](CN)CC(=O)OCC(=O)N(C)C.Cl. The van der Waals surface area contributed by atoms with E-state index in [0.717, 1.165) is 6.42 Å². The van der Waals surface area contributed by atoms with Gasteiger partial charge in [0.15, 0.2) is 6.61 Å². The molecule has 0 unspecified atom stereocenters. The van der Waals surface area contributed by atoms with Crippen LogP contribution in [0.4, 0.5) is 0 Å². The molecule has 0 radical (unpaired) electrons. The van der Waals surface area contributed by atoms with Gasteiger partial charge < -0.3 is 15.4 Å². The van der Waals surface area contributed by atoms with E-state index in [1.54, 1.807) is 14.1 Å². The molecule has 0 aliphatic heterocycles. The molecule has 0 aliphatic carbocycles. The Bertz CT molecular complexity index is 258. The second kappa shape index (κ2) is 10.1. The second-order valence-corrected chi connectivity index (χ2v) is 4.88. The van der Waals surface area contributed by atoms with Gasteiger partial charge >= 0.3 is 5.97 Å². The first-order valence-electron chi connectivity index (χ1n) is 5.92. The number of carbonyl (C=O) groups excluding carboxylic acids is 2. The summed E-state index contributed by atoms with van der Waals surface area (Å²) < 4.78 is 4.89. The average Bonchev–Trinajstić information content (AvgIpc) is 2.23. The zero-order valence-electron chi connectivity index (χ0n) is 11.6. The molecule has 1 amide bonds. The lowest BCUT2D eigenvalue weighted by Crippen LogP contribution is -2.28. The lowest BCUT2D eigenvalue weighted by Gasteiger charge is -2.16. The minimum absolute atomic E-state index is 0. The number of nitrogens with two attached hydrogens (primary N) is 1. The summed E-state index contributed by atoms with van der Waals surface area (Å²) in [4.78, 5) is 24.1. The van der Waals surface area contributed by atoms with Crippen molar-refractivity contribution in [2.45, 2.75) is 26.7 Å². The van der Waals surface area contributed by atoms with Crippen LogP contribution < -0.4 is 5.73 Å². The maximum absolute atomic E-state index is 11.5. The van der Waals surface area contributed by atoms with Gasteiger partial charge in [0.25, 0.3) is 5.91 Å². The van der Waals surface area contributed by atoms with E-state index in [4.69, 9.17) is 10.5 Å². The van der Waals surface area contributed by atoms with Crippen molar-refractivity contribution in [3.8, 4) is 0 Å². The van der Waals surface area contributed by atoms with Crippen LogP contribution in [-0.4, -0.2) is 44.0 Å². The monoisotopic (exact) mass is 280 g/mol. The molecular formula is C12H25ClN2O3. The topological polar surface area (TPSA) is 72.6 Å². The molecule has 0 saturated heterocycles. The molecule has 2 N–H and O–H groups in total. The fraction of sp³-hybridized carbons (Fsp3) is 0.833. The lowest BCUT2D eigenvalue weighted by molar-refractivity contribution is -0.151. The van der Waals surface area contributed by atoms with Crippen molar-refractivity contribution in [1.82, 2.24) is 4.90 Å². The number of hydrogen-bond acceptors (Lipinski definition) is 4. The van der Waals surface area contributed by atoms with Crippen molar-refractivity contribution in [3.05, 3.63) is 0 Å². The van der Waals surface area contributed by atoms with E-state index in [0.29, 0.717) is 12.5 Å². The molecule has 0 spiro atoms. The summed E-state index contributed by atoms with van der Waals surface area (Å²) in [6, 6.07) is 0. The molecule has 0 fully saturated rings. The van der Waals surface area contributed by atoms with E-state index < -0.39 is 0 Å². The summed E-state index contributed by atoms with van der Waals surface area (Å²) in [6.45, 7) is 4.45. The first kappa shape index (κ1) is 19.5. The normalized spacial score (nSPS) is 11.7.